The van der Waals surface area contributed by atoms with E-state index in [-0.39, 0.29) is 11.9 Å². The zero-order valence-electron chi connectivity index (χ0n) is 10.1. The predicted octanol–water partition coefficient (Wildman–Crippen LogP) is 2.58. The van der Waals surface area contributed by atoms with E-state index in [1.807, 2.05) is 19.9 Å². The third-order valence-corrected chi connectivity index (χ3v) is 3.79. The van der Waals surface area contributed by atoms with Gasteiger partial charge in [0.2, 0.25) is 0 Å². The molecule has 90 valence electrons. The van der Waals surface area contributed by atoms with Gasteiger partial charge in [0.25, 0.3) is 5.91 Å². The number of H-pyrrole nitrogens is 1. The Balaban J connectivity index is 2.07. The number of carbonyl (C=O) groups is 1. The van der Waals surface area contributed by atoms with Crippen molar-refractivity contribution < 1.29 is 4.79 Å². The first-order chi connectivity index (χ1) is 8.08. The van der Waals surface area contributed by atoms with E-state index in [9.17, 15) is 4.79 Å². The average Bonchev–Trinajstić information content (AvgIpc) is 2.86. The zero-order chi connectivity index (χ0) is 12.4. The van der Waals surface area contributed by atoms with Gasteiger partial charge in [-0.05, 0) is 32.9 Å². The summed E-state index contributed by atoms with van der Waals surface area (Å²) in [5.74, 6) is -0.0881. The van der Waals surface area contributed by atoms with Gasteiger partial charge in [-0.2, -0.15) is 5.10 Å². The Bertz CT molecular complexity index is 529. The molecule has 4 nitrogen and oxygen atoms in total. The van der Waals surface area contributed by atoms with E-state index in [1.165, 1.54) is 4.88 Å². The molecular formula is C12H15N3OS. The van der Waals surface area contributed by atoms with Gasteiger partial charge < -0.3 is 5.32 Å². The van der Waals surface area contributed by atoms with E-state index in [0.717, 1.165) is 10.6 Å². The molecule has 0 radical (unpaired) electrons. The molecule has 0 bridgehead atoms. The predicted molar refractivity (Wildman–Crippen MR) is 68.3 cm³/mol. The van der Waals surface area contributed by atoms with Crippen LogP contribution in [0.4, 0.5) is 0 Å². The van der Waals surface area contributed by atoms with E-state index < -0.39 is 0 Å². The Morgan fingerprint density at radius 3 is 2.76 bits per heavy atom. The summed E-state index contributed by atoms with van der Waals surface area (Å²) in [6.07, 6.45) is 1.55. The molecule has 2 N–H and O–H groups in total. The van der Waals surface area contributed by atoms with Crippen LogP contribution in [-0.2, 0) is 0 Å². The lowest BCUT2D eigenvalue weighted by molar-refractivity contribution is 0.0940. The van der Waals surface area contributed by atoms with Crippen LogP contribution in [0.25, 0.3) is 0 Å². The number of amides is 1. The highest BCUT2D eigenvalue weighted by atomic mass is 32.1. The van der Waals surface area contributed by atoms with Crippen molar-refractivity contribution in [1.29, 1.82) is 0 Å². The molecule has 0 spiro atoms. The summed E-state index contributed by atoms with van der Waals surface area (Å²) >= 11 is 1.70. The standard InChI is InChI=1S/C12H15N3OS/c1-7-4-5-11(17-7)9(3)14-12(16)10-6-13-15-8(10)2/h4-6,9H,1-3H3,(H,13,15)(H,14,16). The number of aromatic amines is 1. The van der Waals surface area contributed by atoms with Gasteiger partial charge in [-0.15, -0.1) is 11.3 Å². The van der Waals surface area contributed by atoms with Crippen molar-refractivity contribution in [2.24, 2.45) is 0 Å². The Morgan fingerprint density at radius 1 is 1.47 bits per heavy atom. The highest BCUT2D eigenvalue weighted by molar-refractivity contribution is 7.12. The van der Waals surface area contributed by atoms with Gasteiger partial charge in [0.15, 0.2) is 0 Å². The molecule has 2 aromatic heterocycles. The summed E-state index contributed by atoms with van der Waals surface area (Å²) in [6.45, 7) is 5.88. The monoisotopic (exact) mass is 249 g/mol. The summed E-state index contributed by atoms with van der Waals surface area (Å²) < 4.78 is 0. The number of nitrogens with one attached hydrogen (secondary N) is 2. The highest BCUT2D eigenvalue weighted by Gasteiger charge is 2.15. The van der Waals surface area contributed by atoms with Gasteiger partial charge >= 0.3 is 0 Å². The number of nitrogens with zero attached hydrogens (tertiary/aromatic N) is 1. The quantitative estimate of drug-likeness (QED) is 0.878. The first-order valence-corrected chi connectivity index (χ1v) is 6.26. The fraction of sp³-hybridized carbons (Fsp3) is 0.333. The molecule has 0 aliphatic carbocycles. The Kier molecular flexibility index (Phi) is 3.28. The second-order valence-electron chi connectivity index (χ2n) is 4.05. The van der Waals surface area contributed by atoms with Crippen molar-refractivity contribution in [1.82, 2.24) is 15.5 Å². The number of aryl methyl sites for hydroxylation is 2. The average molecular weight is 249 g/mol. The van der Waals surface area contributed by atoms with Gasteiger partial charge in [-0.3, -0.25) is 9.89 Å². The minimum atomic E-state index is -0.0881. The maximum absolute atomic E-state index is 12.0. The van der Waals surface area contributed by atoms with Crippen LogP contribution >= 0.6 is 11.3 Å². The van der Waals surface area contributed by atoms with Crippen molar-refractivity contribution in [2.75, 3.05) is 0 Å². The van der Waals surface area contributed by atoms with Crippen molar-refractivity contribution in [3.63, 3.8) is 0 Å². The normalized spacial score (nSPS) is 12.4. The lowest BCUT2D eigenvalue weighted by atomic mass is 10.2. The fourth-order valence-electron chi connectivity index (χ4n) is 1.61. The smallest absolute Gasteiger partial charge is 0.255 e. The Labute approximate surface area is 104 Å². The number of hydrogen-bond donors (Lipinski definition) is 2. The third-order valence-electron chi connectivity index (χ3n) is 2.61. The van der Waals surface area contributed by atoms with Crippen molar-refractivity contribution in [3.05, 3.63) is 39.3 Å². The van der Waals surface area contributed by atoms with E-state index in [2.05, 4.69) is 28.5 Å². The Morgan fingerprint density at radius 2 is 2.24 bits per heavy atom. The first-order valence-electron chi connectivity index (χ1n) is 5.45. The maximum Gasteiger partial charge on any atom is 0.255 e. The molecule has 1 atom stereocenters. The van der Waals surface area contributed by atoms with Crippen LogP contribution in [0.3, 0.4) is 0 Å². The molecule has 0 aromatic carbocycles. The van der Waals surface area contributed by atoms with Crippen LogP contribution in [0.2, 0.25) is 0 Å². The number of aromatic nitrogens is 2. The van der Waals surface area contributed by atoms with Gasteiger partial charge in [-0.1, -0.05) is 0 Å². The minimum absolute atomic E-state index is 0.0236. The topological polar surface area (TPSA) is 57.8 Å². The molecule has 1 amide bonds. The summed E-state index contributed by atoms with van der Waals surface area (Å²) in [7, 11) is 0. The van der Waals surface area contributed by atoms with E-state index >= 15 is 0 Å². The van der Waals surface area contributed by atoms with Crippen molar-refractivity contribution in [2.45, 2.75) is 26.8 Å². The van der Waals surface area contributed by atoms with E-state index in [0.29, 0.717) is 5.56 Å². The summed E-state index contributed by atoms with van der Waals surface area (Å²) in [5, 5.41) is 9.57. The summed E-state index contributed by atoms with van der Waals surface area (Å²) in [5.41, 5.74) is 1.39. The van der Waals surface area contributed by atoms with E-state index in [4.69, 9.17) is 0 Å². The molecule has 0 fully saturated rings. The van der Waals surface area contributed by atoms with Crippen LogP contribution < -0.4 is 5.32 Å². The van der Waals surface area contributed by atoms with E-state index in [1.54, 1.807) is 17.5 Å². The molecule has 2 aromatic rings. The van der Waals surface area contributed by atoms with Crippen molar-refractivity contribution in [3.8, 4) is 0 Å². The maximum atomic E-state index is 12.0. The van der Waals surface area contributed by atoms with Gasteiger partial charge in [0.05, 0.1) is 17.8 Å². The van der Waals surface area contributed by atoms with Crippen LogP contribution in [0.15, 0.2) is 18.3 Å². The molecule has 2 heterocycles. The second-order valence-corrected chi connectivity index (χ2v) is 5.37. The zero-order valence-corrected chi connectivity index (χ0v) is 10.9. The minimum Gasteiger partial charge on any atom is -0.345 e. The SMILES string of the molecule is Cc1ccc(C(C)NC(=O)c2cn[nH]c2C)s1. The summed E-state index contributed by atoms with van der Waals surface area (Å²) in [4.78, 5) is 14.4. The fourth-order valence-corrected chi connectivity index (χ4v) is 2.49. The lowest BCUT2D eigenvalue weighted by Crippen LogP contribution is -2.26. The molecular weight excluding hydrogens is 234 g/mol. The second kappa shape index (κ2) is 4.71. The number of carbonyl (C=O) groups excluding carboxylic acids is 1. The molecule has 1 unspecified atom stereocenters. The van der Waals surface area contributed by atoms with Gasteiger partial charge in [0, 0.05) is 15.4 Å². The van der Waals surface area contributed by atoms with Gasteiger partial charge in [0.1, 0.15) is 0 Å². The van der Waals surface area contributed by atoms with Crippen LogP contribution in [-0.4, -0.2) is 16.1 Å². The largest absolute Gasteiger partial charge is 0.345 e. The highest BCUT2D eigenvalue weighted by Crippen LogP contribution is 2.22. The van der Waals surface area contributed by atoms with Gasteiger partial charge in [-0.25, -0.2) is 0 Å². The first kappa shape index (κ1) is 11.9. The molecule has 17 heavy (non-hydrogen) atoms. The van der Waals surface area contributed by atoms with Crippen LogP contribution in [0.1, 0.15) is 38.8 Å². The number of thiophene rings is 1. The Hall–Kier alpha value is -1.62. The summed E-state index contributed by atoms with van der Waals surface area (Å²) in [6, 6.07) is 4.13. The van der Waals surface area contributed by atoms with Crippen LogP contribution in [0.5, 0.6) is 0 Å². The molecule has 5 heteroatoms. The molecule has 0 aliphatic rings. The number of rotatable bonds is 3. The third kappa shape index (κ3) is 2.55. The molecule has 0 aliphatic heterocycles. The van der Waals surface area contributed by atoms with Crippen LogP contribution in [0, 0.1) is 13.8 Å². The lowest BCUT2D eigenvalue weighted by Gasteiger charge is -2.11. The van der Waals surface area contributed by atoms with Crippen molar-refractivity contribution >= 4 is 17.2 Å². The molecule has 0 saturated heterocycles. The number of hydrogen-bond acceptors (Lipinski definition) is 3. The molecule has 2 rings (SSSR count). The molecule has 0 saturated carbocycles.